The third kappa shape index (κ3) is 2.35. The highest BCUT2D eigenvalue weighted by Crippen LogP contribution is 1.98. The predicted octanol–water partition coefficient (Wildman–Crippen LogP) is 0.769. The van der Waals surface area contributed by atoms with Gasteiger partial charge in [-0.3, -0.25) is 4.79 Å². The molecule has 0 saturated carbocycles. The molecule has 0 aromatic heterocycles. The van der Waals surface area contributed by atoms with E-state index in [2.05, 4.69) is 0 Å². The smallest absolute Gasteiger partial charge is 0.248 e. The normalized spacial score (nSPS) is 18.6. The van der Waals surface area contributed by atoms with Crippen molar-refractivity contribution in [2.24, 2.45) is 0 Å². The molecule has 11 heavy (non-hydrogen) atoms. The molecule has 0 aromatic carbocycles. The van der Waals surface area contributed by atoms with Crippen molar-refractivity contribution in [2.75, 3.05) is 19.9 Å². The number of nitrogens with zero attached hydrogens (tertiary/aromatic N) is 1. The summed E-state index contributed by atoms with van der Waals surface area (Å²) in [5, 5.41) is 0. The van der Waals surface area contributed by atoms with E-state index in [9.17, 15) is 4.79 Å². The third-order valence-electron chi connectivity index (χ3n) is 1.53. The van der Waals surface area contributed by atoms with Gasteiger partial charge in [-0.25, -0.2) is 0 Å². The van der Waals surface area contributed by atoms with Gasteiger partial charge in [0.25, 0.3) is 0 Å². The van der Waals surface area contributed by atoms with Crippen LogP contribution in [0.5, 0.6) is 0 Å². The van der Waals surface area contributed by atoms with Gasteiger partial charge in [-0.1, -0.05) is 13.0 Å². The molecule has 0 spiro atoms. The average Bonchev–Trinajstić information content (AvgIpc) is 2.18. The maximum Gasteiger partial charge on any atom is 0.248 e. The number of ether oxygens (including phenoxy) is 1. The molecule has 1 aliphatic heterocycles. The zero-order valence-electron chi connectivity index (χ0n) is 6.75. The fourth-order valence-corrected chi connectivity index (χ4v) is 0.994. The molecule has 0 radical (unpaired) electrons. The second kappa shape index (κ2) is 4.13. The van der Waals surface area contributed by atoms with Crippen molar-refractivity contribution >= 4 is 5.91 Å². The molecule has 0 unspecified atom stereocenters. The van der Waals surface area contributed by atoms with Crippen molar-refractivity contribution < 1.29 is 9.53 Å². The van der Waals surface area contributed by atoms with E-state index >= 15 is 0 Å². The van der Waals surface area contributed by atoms with Crippen molar-refractivity contribution in [1.29, 1.82) is 0 Å². The van der Waals surface area contributed by atoms with Gasteiger partial charge >= 0.3 is 0 Å². The third-order valence-corrected chi connectivity index (χ3v) is 1.53. The topological polar surface area (TPSA) is 29.5 Å². The summed E-state index contributed by atoms with van der Waals surface area (Å²) in [6.07, 6.45) is 4.30. The molecule has 1 rings (SSSR count). The summed E-state index contributed by atoms with van der Waals surface area (Å²) in [6, 6.07) is 0. The molecule has 0 fully saturated rings. The zero-order chi connectivity index (χ0) is 8.10. The van der Waals surface area contributed by atoms with Crippen LogP contribution in [0.2, 0.25) is 0 Å². The van der Waals surface area contributed by atoms with Crippen molar-refractivity contribution in [3.8, 4) is 0 Å². The molecule has 0 bridgehead atoms. The number of hydrogen-bond acceptors (Lipinski definition) is 2. The lowest BCUT2D eigenvalue weighted by molar-refractivity contribution is -0.130. The maximum absolute atomic E-state index is 11.2. The summed E-state index contributed by atoms with van der Waals surface area (Å²) >= 11 is 0. The van der Waals surface area contributed by atoms with Crippen molar-refractivity contribution in [3.05, 3.63) is 12.2 Å². The Morgan fingerprint density at radius 2 is 2.55 bits per heavy atom. The number of amides is 1. The van der Waals surface area contributed by atoms with E-state index in [0.29, 0.717) is 13.3 Å². The second-order valence-electron chi connectivity index (χ2n) is 2.50. The van der Waals surface area contributed by atoms with E-state index in [-0.39, 0.29) is 5.91 Å². The minimum atomic E-state index is 0.0596. The molecule has 0 saturated heterocycles. The first-order chi connectivity index (χ1) is 5.34. The average molecular weight is 155 g/mol. The van der Waals surface area contributed by atoms with Crippen LogP contribution in [0.1, 0.15) is 13.3 Å². The van der Waals surface area contributed by atoms with Crippen LogP contribution in [0.15, 0.2) is 12.2 Å². The van der Waals surface area contributed by atoms with E-state index in [1.165, 1.54) is 0 Å². The van der Waals surface area contributed by atoms with Crippen LogP contribution in [0.4, 0.5) is 0 Å². The number of rotatable bonds is 2. The minimum Gasteiger partial charge on any atom is -0.357 e. The summed E-state index contributed by atoms with van der Waals surface area (Å²) in [6.45, 7) is 3.80. The second-order valence-corrected chi connectivity index (χ2v) is 2.50. The minimum absolute atomic E-state index is 0.0596. The molecular formula is C8H13NO2. The van der Waals surface area contributed by atoms with Crippen LogP contribution in [0.3, 0.4) is 0 Å². The summed E-state index contributed by atoms with van der Waals surface area (Å²) in [7, 11) is 0. The van der Waals surface area contributed by atoms with Gasteiger partial charge in [0.1, 0.15) is 6.73 Å². The molecule has 0 aliphatic carbocycles. The quantitative estimate of drug-likeness (QED) is 0.589. The number of carbonyl (C=O) groups excluding carboxylic acids is 1. The van der Waals surface area contributed by atoms with Gasteiger partial charge in [-0.15, -0.1) is 0 Å². The van der Waals surface area contributed by atoms with Crippen LogP contribution >= 0.6 is 0 Å². The molecule has 1 aliphatic rings. The van der Waals surface area contributed by atoms with E-state index < -0.39 is 0 Å². The zero-order valence-corrected chi connectivity index (χ0v) is 6.75. The summed E-state index contributed by atoms with van der Waals surface area (Å²) in [5.74, 6) is 0.0596. The Kier molecular flexibility index (Phi) is 3.11. The van der Waals surface area contributed by atoms with Gasteiger partial charge < -0.3 is 9.64 Å². The van der Waals surface area contributed by atoms with Crippen LogP contribution in [-0.2, 0) is 9.53 Å². The van der Waals surface area contributed by atoms with E-state index in [1.54, 1.807) is 17.1 Å². The van der Waals surface area contributed by atoms with Gasteiger partial charge in [0.05, 0.1) is 6.61 Å². The first-order valence-electron chi connectivity index (χ1n) is 3.87. The van der Waals surface area contributed by atoms with Gasteiger partial charge in [-0.2, -0.15) is 0 Å². The van der Waals surface area contributed by atoms with Crippen molar-refractivity contribution in [1.82, 2.24) is 4.90 Å². The van der Waals surface area contributed by atoms with Crippen molar-refractivity contribution in [3.63, 3.8) is 0 Å². The Labute approximate surface area is 66.6 Å². The Balaban J connectivity index is 2.48. The van der Waals surface area contributed by atoms with Crippen LogP contribution < -0.4 is 0 Å². The molecule has 0 N–H and O–H groups in total. The van der Waals surface area contributed by atoms with Gasteiger partial charge in [0.2, 0.25) is 5.91 Å². The summed E-state index contributed by atoms with van der Waals surface area (Å²) in [5.41, 5.74) is 0. The highest BCUT2D eigenvalue weighted by Gasteiger charge is 2.10. The highest BCUT2D eigenvalue weighted by atomic mass is 16.5. The fraction of sp³-hybridized carbons (Fsp3) is 0.625. The maximum atomic E-state index is 11.2. The highest BCUT2D eigenvalue weighted by molar-refractivity contribution is 5.87. The molecule has 62 valence electrons. The summed E-state index contributed by atoms with van der Waals surface area (Å²) in [4.78, 5) is 12.9. The van der Waals surface area contributed by atoms with E-state index in [1.807, 2.05) is 6.92 Å². The molecular weight excluding hydrogens is 142 g/mol. The molecule has 0 aromatic rings. The van der Waals surface area contributed by atoms with E-state index in [4.69, 9.17) is 4.74 Å². The molecule has 3 heteroatoms. The monoisotopic (exact) mass is 155 g/mol. The standard InChI is InChI=1S/C8H13NO2/c1-2-5-9-7-11-6-3-4-8(9)10/h3-4H,2,5-7H2,1H3. The first kappa shape index (κ1) is 8.27. The van der Waals surface area contributed by atoms with Gasteiger partial charge in [0, 0.05) is 12.6 Å². The lowest BCUT2D eigenvalue weighted by atomic mass is 10.4. The Hall–Kier alpha value is -0.830. The lowest BCUT2D eigenvalue weighted by Gasteiger charge is -2.17. The largest absolute Gasteiger partial charge is 0.357 e. The fourth-order valence-electron chi connectivity index (χ4n) is 0.994. The molecule has 3 nitrogen and oxygen atoms in total. The first-order valence-corrected chi connectivity index (χ1v) is 3.87. The Bertz CT molecular complexity index is 165. The van der Waals surface area contributed by atoms with Gasteiger partial charge in [0.15, 0.2) is 0 Å². The van der Waals surface area contributed by atoms with Crippen LogP contribution in [0, 0.1) is 0 Å². The Morgan fingerprint density at radius 3 is 3.27 bits per heavy atom. The van der Waals surface area contributed by atoms with Crippen LogP contribution in [0.25, 0.3) is 0 Å². The number of carbonyl (C=O) groups is 1. The molecule has 1 amide bonds. The van der Waals surface area contributed by atoms with Gasteiger partial charge in [-0.05, 0) is 6.42 Å². The predicted molar refractivity (Wildman–Crippen MR) is 42.0 cm³/mol. The van der Waals surface area contributed by atoms with Crippen molar-refractivity contribution in [2.45, 2.75) is 13.3 Å². The van der Waals surface area contributed by atoms with E-state index in [0.717, 1.165) is 13.0 Å². The summed E-state index contributed by atoms with van der Waals surface area (Å²) < 4.78 is 5.15. The molecule has 0 atom stereocenters. The lowest BCUT2D eigenvalue weighted by Crippen LogP contribution is -2.31. The van der Waals surface area contributed by atoms with Crippen LogP contribution in [-0.4, -0.2) is 30.7 Å². The Morgan fingerprint density at radius 1 is 1.73 bits per heavy atom. The SMILES string of the molecule is CCCN1COCC=CC1=O. The molecule has 1 heterocycles. The number of hydrogen-bond donors (Lipinski definition) is 0.